The van der Waals surface area contributed by atoms with Gasteiger partial charge in [-0.1, -0.05) is 36.2 Å². The first-order chi connectivity index (χ1) is 16.8. The van der Waals surface area contributed by atoms with Gasteiger partial charge in [-0.25, -0.2) is 0 Å². The van der Waals surface area contributed by atoms with Gasteiger partial charge in [-0.3, -0.25) is 14.4 Å². The molecule has 1 aliphatic carbocycles. The summed E-state index contributed by atoms with van der Waals surface area (Å²) < 4.78 is 10.8. The number of amides is 2. The third-order valence-electron chi connectivity index (χ3n) is 7.00. The van der Waals surface area contributed by atoms with Crippen LogP contribution in [0, 0.1) is 18.3 Å². The maximum absolute atomic E-state index is 13.8. The Bertz CT molecular complexity index is 1120. The number of benzene rings is 1. The van der Waals surface area contributed by atoms with E-state index in [2.05, 4.69) is 5.32 Å². The van der Waals surface area contributed by atoms with Gasteiger partial charge >= 0.3 is 5.97 Å². The van der Waals surface area contributed by atoms with Crippen LogP contribution < -0.4 is 5.32 Å². The highest BCUT2D eigenvalue weighted by Gasteiger charge is 2.61. The molecular formula is C27H31ClN2O5. The van der Waals surface area contributed by atoms with Crippen LogP contribution in [0.25, 0.3) is 0 Å². The second kappa shape index (κ2) is 10.7. The van der Waals surface area contributed by atoms with Gasteiger partial charge in [-0.05, 0) is 62.4 Å². The largest absolute Gasteiger partial charge is 0.468 e. The molecule has 1 aliphatic heterocycles. The van der Waals surface area contributed by atoms with Crippen molar-refractivity contribution in [2.24, 2.45) is 11.3 Å². The number of methoxy groups -OCH3 is 1. The molecule has 35 heavy (non-hydrogen) atoms. The van der Waals surface area contributed by atoms with Crippen LogP contribution in [0.3, 0.4) is 0 Å². The molecule has 0 unspecified atom stereocenters. The third-order valence-corrected chi connectivity index (χ3v) is 7.25. The molecule has 2 heterocycles. The number of carbonyl (C=O) groups excluding carboxylic acids is 3. The zero-order chi connectivity index (χ0) is 25.0. The molecule has 2 aliphatic rings. The van der Waals surface area contributed by atoms with Crippen molar-refractivity contribution in [1.82, 2.24) is 10.2 Å². The number of esters is 1. The number of rotatable bonds is 8. The molecule has 1 aromatic carbocycles. The average molecular weight is 499 g/mol. The van der Waals surface area contributed by atoms with Crippen LogP contribution in [0.15, 0.2) is 52.6 Å². The number of ether oxygens (including phenoxy) is 1. The lowest BCUT2D eigenvalue weighted by molar-refractivity contribution is -0.155. The van der Waals surface area contributed by atoms with Crippen molar-refractivity contribution in [3.63, 3.8) is 0 Å². The van der Waals surface area contributed by atoms with E-state index in [0.29, 0.717) is 35.9 Å². The molecule has 0 bridgehead atoms. The fourth-order valence-electron chi connectivity index (χ4n) is 5.26. The molecule has 1 N–H and O–H groups in total. The van der Waals surface area contributed by atoms with Crippen molar-refractivity contribution in [1.29, 1.82) is 0 Å². The zero-order valence-corrected chi connectivity index (χ0v) is 20.9. The Morgan fingerprint density at radius 1 is 1.20 bits per heavy atom. The number of nitrogens with one attached hydrogen (secondary N) is 1. The standard InChI is InChI=1S/C27H31ClN2O5/c1-18-7-12-21(35-18)17-29-24(31)16-22-25(32)30(15-13-19-8-10-20(28)11-9-19)23-6-4-3-5-14-27(22,23)26(33)34-2/h6-12,22H,3-5,13-17H2,1-2H3,(H,29,31)/t22-,27-/m1/s1. The highest BCUT2D eigenvalue weighted by Crippen LogP contribution is 2.53. The first kappa shape index (κ1) is 25.0. The number of furan rings is 1. The Morgan fingerprint density at radius 2 is 1.97 bits per heavy atom. The number of nitrogens with zero attached hydrogens (tertiary/aromatic N) is 1. The smallest absolute Gasteiger partial charge is 0.318 e. The molecule has 0 spiro atoms. The number of aryl methyl sites for hydroxylation is 1. The molecule has 2 amide bonds. The lowest BCUT2D eigenvalue weighted by Crippen LogP contribution is -2.41. The van der Waals surface area contributed by atoms with E-state index in [1.165, 1.54) is 7.11 Å². The van der Waals surface area contributed by atoms with E-state index in [0.717, 1.165) is 30.6 Å². The fourth-order valence-corrected chi connectivity index (χ4v) is 5.38. The monoisotopic (exact) mass is 498 g/mol. The van der Waals surface area contributed by atoms with Crippen LogP contribution in [0.4, 0.5) is 0 Å². The highest BCUT2D eigenvalue weighted by atomic mass is 35.5. The maximum atomic E-state index is 13.8. The number of allylic oxidation sites excluding steroid dienone is 1. The number of fused-ring (bicyclic) bond motifs is 1. The summed E-state index contributed by atoms with van der Waals surface area (Å²) in [7, 11) is 1.34. The van der Waals surface area contributed by atoms with Crippen molar-refractivity contribution in [2.45, 2.75) is 52.0 Å². The van der Waals surface area contributed by atoms with Gasteiger partial charge in [0, 0.05) is 23.7 Å². The quantitative estimate of drug-likeness (QED) is 0.539. The van der Waals surface area contributed by atoms with E-state index in [9.17, 15) is 14.4 Å². The van der Waals surface area contributed by atoms with Crippen LogP contribution >= 0.6 is 11.6 Å². The minimum absolute atomic E-state index is 0.0948. The Kier molecular flexibility index (Phi) is 7.65. The normalized spacial score (nSPS) is 21.8. The van der Waals surface area contributed by atoms with Gasteiger partial charge in [0.15, 0.2) is 0 Å². The summed E-state index contributed by atoms with van der Waals surface area (Å²) in [5, 5.41) is 3.49. The van der Waals surface area contributed by atoms with Crippen LogP contribution in [0.2, 0.25) is 5.02 Å². The summed E-state index contributed by atoms with van der Waals surface area (Å²) in [5.41, 5.74) is 0.566. The summed E-state index contributed by atoms with van der Waals surface area (Å²) in [5.74, 6) is -0.383. The molecule has 2 aromatic rings. The minimum Gasteiger partial charge on any atom is -0.468 e. The van der Waals surface area contributed by atoms with Gasteiger partial charge in [0.2, 0.25) is 11.8 Å². The SMILES string of the molecule is COC(=O)[C@@]12CCCCC=C1N(CCc1ccc(Cl)cc1)C(=O)[C@H]2CC(=O)NCc1ccc(C)o1. The van der Waals surface area contributed by atoms with E-state index < -0.39 is 17.3 Å². The second-order valence-corrected chi connectivity index (χ2v) is 9.65. The lowest BCUT2D eigenvalue weighted by atomic mass is 9.71. The number of hydrogen-bond donors (Lipinski definition) is 1. The summed E-state index contributed by atoms with van der Waals surface area (Å²) >= 11 is 6.01. The predicted molar refractivity (Wildman–Crippen MR) is 131 cm³/mol. The molecule has 0 radical (unpaired) electrons. The first-order valence-corrected chi connectivity index (χ1v) is 12.4. The molecule has 8 heteroatoms. The van der Waals surface area contributed by atoms with Crippen molar-refractivity contribution < 1.29 is 23.5 Å². The summed E-state index contributed by atoms with van der Waals surface area (Å²) in [4.78, 5) is 41.7. The Labute approximate surface area is 210 Å². The molecule has 186 valence electrons. The van der Waals surface area contributed by atoms with Crippen LogP contribution in [-0.2, 0) is 32.1 Å². The van der Waals surface area contributed by atoms with Crippen molar-refractivity contribution in [3.8, 4) is 0 Å². The topological polar surface area (TPSA) is 88.8 Å². The number of hydrogen-bond acceptors (Lipinski definition) is 5. The fraction of sp³-hybridized carbons (Fsp3) is 0.444. The maximum Gasteiger partial charge on any atom is 0.318 e. The predicted octanol–water partition coefficient (Wildman–Crippen LogP) is 4.57. The summed E-state index contributed by atoms with van der Waals surface area (Å²) in [6.07, 6.45) is 5.44. The van der Waals surface area contributed by atoms with Gasteiger partial charge in [-0.15, -0.1) is 0 Å². The molecule has 1 aromatic heterocycles. The third kappa shape index (κ3) is 5.15. The van der Waals surface area contributed by atoms with Crippen molar-refractivity contribution in [3.05, 3.63) is 70.3 Å². The van der Waals surface area contributed by atoms with Crippen LogP contribution in [0.1, 0.15) is 49.2 Å². The van der Waals surface area contributed by atoms with Crippen LogP contribution in [-0.4, -0.2) is 36.3 Å². The van der Waals surface area contributed by atoms with E-state index in [1.807, 2.05) is 43.3 Å². The Balaban J connectivity index is 1.58. The minimum atomic E-state index is -1.15. The summed E-state index contributed by atoms with van der Waals surface area (Å²) in [6, 6.07) is 11.1. The Morgan fingerprint density at radius 3 is 2.66 bits per heavy atom. The molecule has 0 saturated carbocycles. The average Bonchev–Trinajstić information content (AvgIpc) is 3.26. The molecule has 1 fully saturated rings. The number of carbonyl (C=O) groups is 3. The molecule has 2 atom stereocenters. The van der Waals surface area contributed by atoms with Crippen molar-refractivity contribution >= 4 is 29.4 Å². The molecule has 1 saturated heterocycles. The highest BCUT2D eigenvalue weighted by molar-refractivity contribution is 6.30. The van der Waals surface area contributed by atoms with Crippen molar-refractivity contribution in [2.75, 3.05) is 13.7 Å². The lowest BCUT2D eigenvalue weighted by Gasteiger charge is -2.31. The molecular weight excluding hydrogens is 468 g/mol. The molecule has 4 rings (SSSR count). The van der Waals surface area contributed by atoms with Gasteiger partial charge in [0.25, 0.3) is 0 Å². The van der Waals surface area contributed by atoms with Gasteiger partial charge < -0.3 is 19.4 Å². The van der Waals surface area contributed by atoms with E-state index in [1.54, 1.807) is 11.0 Å². The van der Waals surface area contributed by atoms with Crippen LogP contribution in [0.5, 0.6) is 0 Å². The molecule has 7 nitrogen and oxygen atoms in total. The van der Waals surface area contributed by atoms with Gasteiger partial charge in [-0.2, -0.15) is 0 Å². The van der Waals surface area contributed by atoms with Gasteiger partial charge in [0.1, 0.15) is 16.9 Å². The van der Waals surface area contributed by atoms with E-state index >= 15 is 0 Å². The zero-order valence-electron chi connectivity index (χ0n) is 20.1. The Hall–Kier alpha value is -3.06. The van der Waals surface area contributed by atoms with Gasteiger partial charge in [0.05, 0.1) is 19.6 Å². The number of halogens is 1. The van der Waals surface area contributed by atoms with E-state index in [4.69, 9.17) is 20.8 Å². The van der Waals surface area contributed by atoms with E-state index in [-0.39, 0.29) is 24.8 Å². The summed E-state index contributed by atoms with van der Waals surface area (Å²) in [6.45, 7) is 2.47. The second-order valence-electron chi connectivity index (χ2n) is 9.21. The number of likely N-dealkylation sites (tertiary alicyclic amines) is 1. The first-order valence-electron chi connectivity index (χ1n) is 12.0.